The SMILES string of the molecule is COCCNCC(=O)Nc1ccc(C(=O)N2CCCCC2C)c(Cl)c1.Cl. The van der Waals surface area contributed by atoms with Crippen LogP contribution in [0.3, 0.4) is 0 Å². The number of nitrogens with zero attached hydrogens (tertiary/aromatic N) is 1. The Morgan fingerprint density at radius 3 is 2.77 bits per heavy atom. The van der Waals surface area contributed by atoms with Crippen LogP contribution >= 0.6 is 24.0 Å². The second-order valence-corrected chi connectivity index (χ2v) is 6.66. The number of hydrogen-bond acceptors (Lipinski definition) is 4. The van der Waals surface area contributed by atoms with E-state index in [4.69, 9.17) is 16.3 Å². The predicted octanol–water partition coefficient (Wildman–Crippen LogP) is 2.95. The zero-order valence-electron chi connectivity index (χ0n) is 15.2. The first kappa shape index (κ1) is 22.7. The Morgan fingerprint density at radius 1 is 1.35 bits per heavy atom. The number of carbonyl (C=O) groups is 2. The normalized spacial score (nSPS) is 16.7. The zero-order valence-corrected chi connectivity index (χ0v) is 16.8. The summed E-state index contributed by atoms with van der Waals surface area (Å²) < 4.78 is 4.90. The smallest absolute Gasteiger partial charge is 0.255 e. The van der Waals surface area contributed by atoms with Gasteiger partial charge in [0.05, 0.1) is 23.7 Å². The first-order valence-electron chi connectivity index (χ1n) is 8.63. The molecule has 1 saturated heterocycles. The number of halogens is 2. The number of rotatable bonds is 7. The van der Waals surface area contributed by atoms with Gasteiger partial charge in [0.2, 0.25) is 5.91 Å². The molecular weight excluding hydrogens is 377 g/mol. The lowest BCUT2D eigenvalue weighted by Gasteiger charge is -2.33. The summed E-state index contributed by atoms with van der Waals surface area (Å²) in [4.78, 5) is 26.4. The highest BCUT2D eigenvalue weighted by atomic mass is 35.5. The van der Waals surface area contributed by atoms with Crippen LogP contribution in [-0.4, -0.2) is 56.1 Å². The van der Waals surface area contributed by atoms with E-state index in [-0.39, 0.29) is 36.8 Å². The summed E-state index contributed by atoms with van der Waals surface area (Å²) >= 11 is 6.29. The molecule has 1 aromatic rings. The second-order valence-electron chi connectivity index (χ2n) is 6.26. The van der Waals surface area contributed by atoms with Gasteiger partial charge in [-0.05, 0) is 44.4 Å². The Bertz CT molecular complexity index is 613. The van der Waals surface area contributed by atoms with E-state index in [0.717, 1.165) is 25.8 Å². The molecule has 0 saturated carbocycles. The van der Waals surface area contributed by atoms with Gasteiger partial charge >= 0.3 is 0 Å². The standard InChI is InChI=1S/C18H26ClN3O3.ClH/c1-13-5-3-4-9-22(13)18(24)15-7-6-14(11-16(15)19)21-17(23)12-20-8-10-25-2;/h6-7,11,13,20H,3-5,8-10,12H2,1-2H3,(H,21,23);1H. The van der Waals surface area contributed by atoms with Crippen LogP contribution in [-0.2, 0) is 9.53 Å². The van der Waals surface area contributed by atoms with Gasteiger partial charge in [-0.15, -0.1) is 12.4 Å². The summed E-state index contributed by atoms with van der Waals surface area (Å²) in [5, 5.41) is 6.08. The van der Waals surface area contributed by atoms with Crippen LogP contribution in [0.1, 0.15) is 36.5 Å². The lowest BCUT2D eigenvalue weighted by Crippen LogP contribution is -2.42. The molecule has 1 aromatic carbocycles. The topological polar surface area (TPSA) is 70.7 Å². The molecule has 0 aromatic heterocycles. The molecule has 1 aliphatic heterocycles. The van der Waals surface area contributed by atoms with E-state index in [2.05, 4.69) is 17.6 Å². The van der Waals surface area contributed by atoms with Gasteiger partial charge in [0.1, 0.15) is 0 Å². The molecule has 1 unspecified atom stereocenters. The molecule has 1 atom stereocenters. The van der Waals surface area contributed by atoms with Crippen LogP contribution in [0.5, 0.6) is 0 Å². The number of piperidine rings is 1. The van der Waals surface area contributed by atoms with Crippen molar-refractivity contribution in [3.63, 3.8) is 0 Å². The van der Waals surface area contributed by atoms with Crippen LogP contribution < -0.4 is 10.6 Å². The van der Waals surface area contributed by atoms with Gasteiger partial charge in [0.15, 0.2) is 0 Å². The quantitative estimate of drug-likeness (QED) is 0.686. The van der Waals surface area contributed by atoms with Gasteiger partial charge in [-0.25, -0.2) is 0 Å². The molecule has 8 heteroatoms. The van der Waals surface area contributed by atoms with Crippen molar-refractivity contribution in [1.29, 1.82) is 0 Å². The average Bonchev–Trinajstić information content (AvgIpc) is 2.59. The van der Waals surface area contributed by atoms with Crippen molar-refractivity contribution in [2.75, 3.05) is 38.7 Å². The lowest BCUT2D eigenvalue weighted by molar-refractivity contribution is -0.115. The van der Waals surface area contributed by atoms with Crippen molar-refractivity contribution in [1.82, 2.24) is 10.2 Å². The summed E-state index contributed by atoms with van der Waals surface area (Å²) in [6.45, 7) is 4.17. The lowest BCUT2D eigenvalue weighted by atomic mass is 10.0. The minimum absolute atomic E-state index is 0. The van der Waals surface area contributed by atoms with Crippen molar-refractivity contribution in [3.8, 4) is 0 Å². The maximum atomic E-state index is 12.7. The van der Waals surface area contributed by atoms with Gasteiger partial charge in [-0.1, -0.05) is 11.6 Å². The molecule has 26 heavy (non-hydrogen) atoms. The van der Waals surface area contributed by atoms with Crippen molar-refractivity contribution in [2.45, 2.75) is 32.2 Å². The van der Waals surface area contributed by atoms with E-state index in [1.54, 1.807) is 25.3 Å². The van der Waals surface area contributed by atoms with Gasteiger partial charge in [-0.2, -0.15) is 0 Å². The van der Waals surface area contributed by atoms with E-state index < -0.39 is 0 Å². The third-order valence-electron chi connectivity index (χ3n) is 4.32. The fourth-order valence-electron chi connectivity index (χ4n) is 2.90. The number of ether oxygens (including phenoxy) is 1. The van der Waals surface area contributed by atoms with Crippen LogP contribution in [0.4, 0.5) is 5.69 Å². The second kappa shape index (κ2) is 11.4. The Balaban J connectivity index is 0.00000338. The number of amides is 2. The number of nitrogens with one attached hydrogen (secondary N) is 2. The summed E-state index contributed by atoms with van der Waals surface area (Å²) in [5.41, 5.74) is 1.05. The van der Waals surface area contributed by atoms with Crippen molar-refractivity contribution < 1.29 is 14.3 Å². The highest BCUT2D eigenvalue weighted by Gasteiger charge is 2.25. The molecule has 2 amide bonds. The predicted molar refractivity (Wildman–Crippen MR) is 106 cm³/mol. The van der Waals surface area contributed by atoms with Gasteiger partial charge in [0, 0.05) is 31.9 Å². The van der Waals surface area contributed by atoms with Crippen LogP contribution in [0.2, 0.25) is 5.02 Å². The summed E-state index contributed by atoms with van der Waals surface area (Å²) in [6, 6.07) is 5.24. The van der Waals surface area contributed by atoms with Crippen molar-refractivity contribution in [2.24, 2.45) is 0 Å². The fraction of sp³-hybridized carbons (Fsp3) is 0.556. The third kappa shape index (κ3) is 6.43. The molecule has 2 rings (SSSR count). The zero-order chi connectivity index (χ0) is 18.2. The van der Waals surface area contributed by atoms with Gasteiger partial charge < -0.3 is 20.3 Å². The van der Waals surface area contributed by atoms with Gasteiger partial charge in [-0.3, -0.25) is 9.59 Å². The van der Waals surface area contributed by atoms with Crippen LogP contribution in [0, 0.1) is 0 Å². The molecule has 6 nitrogen and oxygen atoms in total. The Hall–Kier alpha value is -1.34. The molecule has 1 fully saturated rings. The molecule has 146 valence electrons. The maximum Gasteiger partial charge on any atom is 0.255 e. The molecular formula is C18H27Cl2N3O3. The number of carbonyl (C=O) groups excluding carboxylic acids is 2. The first-order chi connectivity index (χ1) is 12.0. The van der Waals surface area contributed by atoms with Crippen molar-refractivity contribution in [3.05, 3.63) is 28.8 Å². The fourth-order valence-corrected chi connectivity index (χ4v) is 3.16. The Morgan fingerprint density at radius 2 is 2.12 bits per heavy atom. The molecule has 1 heterocycles. The minimum Gasteiger partial charge on any atom is -0.383 e. The molecule has 2 N–H and O–H groups in total. The number of methoxy groups -OCH3 is 1. The Kier molecular flexibility index (Phi) is 9.94. The number of likely N-dealkylation sites (tertiary alicyclic amines) is 1. The van der Waals surface area contributed by atoms with E-state index in [0.29, 0.717) is 29.4 Å². The highest BCUT2D eigenvalue weighted by Crippen LogP contribution is 2.25. The molecule has 0 spiro atoms. The average molecular weight is 404 g/mol. The number of anilines is 1. The van der Waals surface area contributed by atoms with E-state index >= 15 is 0 Å². The maximum absolute atomic E-state index is 12.7. The minimum atomic E-state index is -0.170. The summed E-state index contributed by atoms with van der Waals surface area (Å²) in [5.74, 6) is -0.216. The van der Waals surface area contributed by atoms with E-state index in [1.165, 1.54) is 0 Å². The van der Waals surface area contributed by atoms with Crippen molar-refractivity contribution >= 4 is 41.5 Å². The number of benzene rings is 1. The Labute approximate surface area is 166 Å². The molecule has 0 bridgehead atoms. The first-order valence-corrected chi connectivity index (χ1v) is 9.00. The van der Waals surface area contributed by atoms with Gasteiger partial charge in [0.25, 0.3) is 5.91 Å². The number of hydrogen-bond donors (Lipinski definition) is 2. The van der Waals surface area contributed by atoms with E-state index in [9.17, 15) is 9.59 Å². The molecule has 0 aliphatic carbocycles. The highest BCUT2D eigenvalue weighted by molar-refractivity contribution is 6.34. The summed E-state index contributed by atoms with van der Waals surface area (Å²) in [6.07, 6.45) is 3.20. The monoisotopic (exact) mass is 403 g/mol. The van der Waals surface area contributed by atoms with Crippen LogP contribution in [0.15, 0.2) is 18.2 Å². The molecule has 1 aliphatic rings. The third-order valence-corrected chi connectivity index (χ3v) is 4.63. The largest absolute Gasteiger partial charge is 0.383 e. The van der Waals surface area contributed by atoms with E-state index in [1.807, 2.05) is 4.90 Å². The van der Waals surface area contributed by atoms with Crippen LogP contribution in [0.25, 0.3) is 0 Å². The summed E-state index contributed by atoms with van der Waals surface area (Å²) in [7, 11) is 1.61. The molecule has 0 radical (unpaired) electrons.